The number of amides is 1. The van der Waals surface area contributed by atoms with Crippen molar-refractivity contribution in [2.45, 2.75) is 33.2 Å². The number of aryl methyl sites for hydroxylation is 1. The second-order valence-corrected chi connectivity index (χ2v) is 3.16. The van der Waals surface area contributed by atoms with E-state index < -0.39 is 0 Å². The van der Waals surface area contributed by atoms with Gasteiger partial charge in [-0.25, -0.2) is 0 Å². The SMILES string of the molecule is CCc1cc(C(=O)NC(C)C)no1. The van der Waals surface area contributed by atoms with Gasteiger partial charge < -0.3 is 9.84 Å². The fourth-order valence-corrected chi connectivity index (χ4v) is 0.923. The monoisotopic (exact) mass is 182 g/mol. The molecule has 0 bridgehead atoms. The molecule has 0 aromatic carbocycles. The molecule has 0 saturated heterocycles. The zero-order valence-corrected chi connectivity index (χ0v) is 8.13. The van der Waals surface area contributed by atoms with Gasteiger partial charge in [0.2, 0.25) is 0 Å². The minimum absolute atomic E-state index is 0.120. The molecule has 1 heterocycles. The van der Waals surface area contributed by atoms with Gasteiger partial charge in [-0.2, -0.15) is 0 Å². The third kappa shape index (κ3) is 2.57. The molecule has 1 aromatic rings. The molecule has 1 rings (SSSR count). The molecule has 0 fully saturated rings. The van der Waals surface area contributed by atoms with Crippen molar-refractivity contribution >= 4 is 5.91 Å². The summed E-state index contributed by atoms with van der Waals surface area (Å²) in [6.45, 7) is 5.75. The molecule has 0 aliphatic heterocycles. The van der Waals surface area contributed by atoms with Crippen molar-refractivity contribution < 1.29 is 9.32 Å². The minimum Gasteiger partial charge on any atom is -0.361 e. The molecule has 13 heavy (non-hydrogen) atoms. The number of hydrogen-bond acceptors (Lipinski definition) is 3. The summed E-state index contributed by atoms with van der Waals surface area (Å²) in [5.74, 6) is 0.548. The molecule has 1 N–H and O–H groups in total. The summed E-state index contributed by atoms with van der Waals surface area (Å²) >= 11 is 0. The van der Waals surface area contributed by atoms with Gasteiger partial charge in [-0.1, -0.05) is 12.1 Å². The van der Waals surface area contributed by atoms with Gasteiger partial charge in [0.05, 0.1) is 0 Å². The van der Waals surface area contributed by atoms with Crippen molar-refractivity contribution in [3.05, 3.63) is 17.5 Å². The van der Waals surface area contributed by atoms with Gasteiger partial charge in [-0.15, -0.1) is 0 Å². The van der Waals surface area contributed by atoms with Gasteiger partial charge >= 0.3 is 0 Å². The molecule has 0 unspecified atom stereocenters. The quantitative estimate of drug-likeness (QED) is 0.768. The van der Waals surface area contributed by atoms with Crippen molar-refractivity contribution in [2.75, 3.05) is 0 Å². The average molecular weight is 182 g/mol. The Hall–Kier alpha value is -1.32. The number of rotatable bonds is 3. The van der Waals surface area contributed by atoms with Crippen LogP contribution in [-0.2, 0) is 6.42 Å². The molecule has 72 valence electrons. The largest absolute Gasteiger partial charge is 0.361 e. The molecular weight excluding hydrogens is 168 g/mol. The van der Waals surface area contributed by atoms with Crippen LogP contribution in [0.25, 0.3) is 0 Å². The summed E-state index contributed by atoms with van der Waals surface area (Å²) in [6.07, 6.45) is 0.752. The van der Waals surface area contributed by atoms with Crippen LogP contribution in [0.4, 0.5) is 0 Å². The Morgan fingerprint density at radius 1 is 1.69 bits per heavy atom. The van der Waals surface area contributed by atoms with Gasteiger partial charge in [0.25, 0.3) is 5.91 Å². The van der Waals surface area contributed by atoms with E-state index in [1.54, 1.807) is 6.07 Å². The maximum absolute atomic E-state index is 11.4. The van der Waals surface area contributed by atoms with Crippen molar-refractivity contribution in [2.24, 2.45) is 0 Å². The fraction of sp³-hybridized carbons (Fsp3) is 0.556. The summed E-state index contributed by atoms with van der Waals surface area (Å²) in [5.41, 5.74) is 0.352. The lowest BCUT2D eigenvalue weighted by atomic mass is 10.3. The van der Waals surface area contributed by atoms with Crippen molar-refractivity contribution in [1.82, 2.24) is 10.5 Å². The number of carbonyl (C=O) groups is 1. The highest BCUT2D eigenvalue weighted by Gasteiger charge is 2.11. The smallest absolute Gasteiger partial charge is 0.273 e. The van der Waals surface area contributed by atoms with Crippen LogP contribution < -0.4 is 5.32 Å². The molecule has 0 aliphatic carbocycles. The summed E-state index contributed by atoms with van der Waals surface area (Å²) in [7, 11) is 0. The Labute approximate surface area is 77.3 Å². The molecule has 0 aliphatic rings. The van der Waals surface area contributed by atoms with Crippen molar-refractivity contribution in [1.29, 1.82) is 0 Å². The lowest BCUT2D eigenvalue weighted by molar-refractivity contribution is 0.0934. The van der Waals surface area contributed by atoms with Gasteiger partial charge in [0, 0.05) is 18.5 Å². The summed E-state index contributed by atoms with van der Waals surface area (Å²) < 4.78 is 4.91. The fourth-order valence-electron chi connectivity index (χ4n) is 0.923. The molecule has 0 radical (unpaired) electrons. The molecule has 1 amide bonds. The first-order chi connectivity index (χ1) is 6.13. The van der Waals surface area contributed by atoms with Crippen molar-refractivity contribution in [3.63, 3.8) is 0 Å². The van der Waals surface area contributed by atoms with Gasteiger partial charge in [-0.05, 0) is 13.8 Å². The van der Waals surface area contributed by atoms with Gasteiger partial charge in [-0.3, -0.25) is 4.79 Å². The van der Waals surface area contributed by atoms with E-state index in [0.29, 0.717) is 5.69 Å². The normalized spacial score (nSPS) is 10.5. The molecule has 1 aromatic heterocycles. The third-order valence-corrected chi connectivity index (χ3v) is 1.56. The van der Waals surface area contributed by atoms with Gasteiger partial charge in [0.15, 0.2) is 5.69 Å². The van der Waals surface area contributed by atoms with Crippen LogP contribution in [0, 0.1) is 0 Å². The highest BCUT2D eigenvalue weighted by molar-refractivity contribution is 5.92. The molecule has 4 heteroatoms. The van der Waals surface area contributed by atoms with Crippen LogP contribution in [0.15, 0.2) is 10.6 Å². The van der Waals surface area contributed by atoms with E-state index in [1.807, 2.05) is 20.8 Å². The summed E-state index contributed by atoms with van der Waals surface area (Å²) in [4.78, 5) is 11.4. The zero-order valence-electron chi connectivity index (χ0n) is 8.13. The second kappa shape index (κ2) is 4.07. The van der Waals surface area contributed by atoms with E-state index >= 15 is 0 Å². The van der Waals surface area contributed by atoms with Crippen LogP contribution >= 0.6 is 0 Å². The maximum atomic E-state index is 11.4. The number of aromatic nitrogens is 1. The topological polar surface area (TPSA) is 55.1 Å². The highest BCUT2D eigenvalue weighted by Crippen LogP contribution is 2.03. The van der Waals surface area contributed by atoms with Gasteiger partial charge in [0.1, 0.15) is 5.76 Å². The van der Waals surface area contributed by atoms with E-state index in [4.69, 9.17) is 4.52 Å². The highest BCUT2D eigenvalue weighted by atomic mass is 16.5. The summed E-state index contributed by atoms with van der Waals surface area (Å²) in [5, 5.41) is 6.39. The van der Waals surface area contributed by atoms with Crippen molar-refractivity contribution in [3.8, 4) is 0 Å². The molecule has 0 spiro atoms. The molecular formula is C9H14N2O2. The zero-order chi connectivity index (χ0) is 9.84. The van der Waals surface area contributed by atoms with Crippen LogP contribution in [0.5, 0.6) is 0 Å². The lowest BCUT2D eigenvalue weighted by Crippen LogP contribution is -2.30. The third-order valence-electron chi connectivity index (χ3n) is 1.56. The predicted molar refractivity (Wildman–Crippen MR) is 48.5 cm³/mol. The Kier molecular flexibility index (Phi) is 3.06. The first-order valence-corrected chi connectivity index (χ1v) is 4.40. The van der Waals surface area contributed by atoms with Crippen LogP contribution in [0.2, 0.25) is 0 Å². The minimum atomic E-state index is -0.182. The second-order valence-electron chi connectivity index (χ2n) is 3.16. The molecule has 0 saturated carbocycles. The number of hydrogen-bond donors (Lipinski definition) is 1. The van der Waals surface area contributed by atoms with E-state index in [1.165, 1.54) is 0 Å². The Morgan fingerprint density at radius 2 is 2.38 bits per heavy atom. The standard InChI is InChI=1S/C9H14N2O2/c1-4-7-5-8(11-13-7)9(12)10-6(2)3/h5-6H,4H2,1-3H3,(H,10,12). The lowest BCUT2D eigenvalue weighted by Gasteiger charge is -2.04. The van der Waals surface area contributed by atoms with E-state index in [2.05, 4.69) is 10.5 Å². The summed E-state index contributed by atoms with van der Waals surface area (Å²) in [6, 6.07) is 1.78. The number of nitrogens with one attached hydrogen (secondary N) is 1. The Bertz CT molecular complexity index is 292. The first kappa shape index (κ1) is 9.77. The average Bonchev–Trinajstić information content (AvgIpc) is 2.50. The predicted octanol–water partition coefficient (Wildman–Crippen LogP) is 1.38. The molecule has 0 atom stereocenters. The van der Waals surface area contributed by atoms with Crippen LogP contribution in [-0.4, -0.2) is 17.1 Å². The Morgan fingerprint density at radius 3 is 2.85 bits per heavy atom. The number of carbonyl (C=O) groups excluding carboxylic acids is 1. The van der Waals surface area contributed by atoms with Crippen LogP contribution in [0.1, 0.15) is 37.0 Å². The number of nitrogens with zero attached hydrogens (tertiary/aromatic N) is 1. The van der Waals surface area contributed by atoms with E-state index in [9.17, 15) is 4.79 Å². The van der Waals surface area contributed by atoms with E-state index in [-0.39, 0.29) is 11.9 Å². The maximum Gasteiger partial charge on any atom is 0.273 e. The molecule has 4 nitrogen and oxygen atoms in total. The van der Waals surface area contributed by atoms with E-state index in [0.717, 1.165) is 12.2 Å². The Balaban J connectivity index is 2.66. The first-order valence-electron chi connectivity index (χ1n) is 4.40. The van der Waals surface area contributed by atoms with Crippen LogP contribution in [0.3, 0.4) is 0 Å².